The number of carbonyl (C=O) groups excluding carboxylic acids is 3. The summed E-state index contributed by atoms with van der Waals surface area (Å²) < 4.78 is 5.18. The average molecular weight is 506 g/mol. The molecular formula is C28H28ClN3O4. The van der Waals surface area contributed by atoms with Crippen molar-refractivity contribution in [1.82, 2.24) is 0 Å². The minimum Gasteiger partial charge on any atom is -0.466 e. The molecule has 1 aliphatic carbocycles. The Balaban J connectivity index is 1.95. The quantitative estimate of drug-likeness (QED) is 0.576. The Kier molecular flexibility index (Phi) is 5.34. The SMILES string of the molecule is COC(=O)C1=C(N)N(c2ccc(C)cc2C)C2=C(C(=O)CC(C)(C)C2)C12C(=O)Nc1ccc(Cl)cc12. The van der Waals surface area contributed by atoms with Gasteiger partial charge >= 0.3 is 5.97 Å². The van der Waals surface area contributed by atoms with Crippen LogP contribution in [0.1, 0.15) is 43.4 Å². The predicted molar refractivity (Wildman–Crippen MR) is 138 cm³/mol. The smallest absolute Gasteiger partial charge is 0.339 e. The van der Waals surface area contributed by atoms with Crippen LogP contribution in [0.25, 0.3) is 0 Å². The van der Waals surface area contributed by atoms with Crippen LogP contribution in [-0.4, -0.2) is 24.8 Å². The maximum absolute atomic E-state index is 14.0. The maximum atomic E-state index is 14.0. The summed E-state index contributed by atoms with van der Waals surface area (Å²) >= 11 is 6.37. The van der Waals surface area contributed by atoms with E-state index in [-0.39, 0.29) is 34.6 Å². The van der Waals surface area contributed by atoms with E-state index in [9.17, 15) is 14.4 Å². The average Bonchev–Trinajstić information content (AvgIpc) is 3.05. The number of methoxy groups -OCH3 is 1. The second-order valence-electron chi connectivity index (χ2n) is 10.5. The van der Waals surface area contributed by atoms with Crippen molar-refractivity contribution in [3.05, 3.63) is 80.8 Å². The lowest BCUT2D eigenvalue weighted by Crippen LogP contribution is -2.54. The zero-order valence-corrected chi connectivity index (χ0v) is 21.7. The first-order valence-corrected chi connectivity index (χ1v) is 12.1. The van der Waals surface area contributed by atoms with E-state index in [4.69, 9.17) is 22.1 Å². The van der Waals surface area contributed by atoms with Crippen LogP contribution < -0.4 is 16.0 Å². The fourth-order valence-electron chi connectivity index (χ4n) is 5.94. The number of allylic oxidation sites excluding steroid dienone is 1. The van der Waals surface area contributed by atoms with E-state index in [1.165, 1.54) is 7.11 Å². The van der Waals surface area contributed by atoms with Crippen molar-refractivity contribution in [2.24, 2.45) is 11.1 Å². The first kappa shape index (κ1) is 24.1. The van der Waals surface area contributed by atoms with Gasteiger partial charge in [-0.05, 0) is 55.5 Å². The van der Waals surface area contributed by atoms with Gasteiger partial charge in [0, 0.05) is 34.0 Å². The van der Waals surface area contributed by atoms with Gasteiger partial charge in [0.15, 0.2) is 5.78 Å². The van der Waals surface area contributed by atoms with Gasteiger partial charge in [0.1, 0.15) is 16.8 Å². The van der Waals surface area contributed by atoms with Crippen LogP contribution in [0.15, 0.2) is 59.1 Å². The first-order valence-electron chi connectivity index (χ1n) is 11.8. The molecule has 0 fully saturated rings. The molecule has 0 saturated carbocycles. The summed E-state index contributed by atoms with van der Waals surface area (Å²) in [6, 6.07) is 10.8. The number of nitrogens with one attached hydrogen (secondary N) is 1. The molecule has 2 aromatic rings. The molecule has 1 unspecified atom stereocenters. The number of benzene rings is 2. The first-order chi connectivity index (χ1) is 16.9. The number of ether oxygens (including phenoxy) is 1. The molecule has 3 N–H and O–H groups in total. The van der Waals surface area contributed by atoms with Crippen LogP contribution in [0.3, 0.4) is 0 Å². The molecule has 2 aliphatic heterocycles. The molecule has 36 heavy (non-hydrogen) atoms. The Labute approximate surface area is 214 Å². The fraction of sp³-hybridized carbons (Fsp3) is 0.321. The Morgan fingerprint density at radius 3 is 2.50 bits per heavy atom. The second-order valence-corrected chi connectivity index (χ2v) is 11.0. The number of nitrogens with two attached hydrogens (primary N) is 1. The van der Waals surface area contributed by atoms with Crippen LogP contribution in [0.5, 0.6) is 0 Å². The molecule has 5 rings (SSSR count). The highest BCUT2D eigenvalue weighted by molar-refractivity contribution is 6.31. The van der Waals surface area contributed by atoms with Crippen molar-refractivity contribution in [2.75, 3.05) is 17.3 Å². The summed E-state index contributed by atoms with van der Waals surface area (Å²) in [6.07, 6.45) is 0.688. The highest BCUT2D eigenvalue weighted by atomic mass is 35.5. The van der Waals surface area contributed by atoms with Gasteiger partial charge < -0.3 is 15.8 Å². The van der Waals surface area contributed by atoms with Gasteiger partial charge in [0.2, 0.25) is 5.91 Å². The number of hydrogen-bond donors (Lipinski definition) is 2. The number of halogens is 1. The Bertz CT molecular complexity index is 1440. The number of fused-ring (bicyclic) bond motifs is 3. The number of carbonyl (C=O) groups is 3. The molecule has 3 aliphatic rings. The molecule has 0 saturated heterocycles. The van der Waals surface area contributed by atoms with Crippen LogP contribution in [0.2, 0.25) is 5.02 Å². The number of rotatable bonds is 2. The van der Waals surface area contributed by atoms with E-state index >= 15 is 0 Å². The normalized spacial score (nSPS) is 22.6. The third kappa shape index (κ3) is 3.22. The van der Waals surface area contributed by atoms with E-state index in [2.05, 4.69) is 5.32 Å². The molecule has 2 heterocycles. The van der Waals surface area contributed by atoms with E-state index in [1.54, 1.807) is 23.1 Å². The number of amides is 1. The third-order valence-corrected chi connectivity index (χ3v) is 7.56. The Hall–Kier alpha value is -3.58. The van der Waals surface area contributed by atoms with Crippen LogP contribution >= 0.6 is 11.6 Å². The zero-order chi connectivity index (χ0) is 26.2. The molecule has 8 heteroatoms. The largest absolute Gasteiger partial charge is 0.466 e. The third-order valence-electron chi connectivity index (χ3n) is 7.33. The summed E-state index contributed by atoms with van der Waals surface area (Å²) in [5, 5.41) is 3.23. The monoisotopic (exact) mass is 505 g/mol. The maximum Gasteiger partial charge on any atom is 0.339 e. The van der Waals surface area contributed by atoms with Gasteiger partial charge in [-0.2, -0.15) is 0 Å². The molecule has 1 spiro atoms. The minimum atomic E-state index is -1.77. The van der Waals surface area contributed by atoms with Gasteiger partial charge in [0.25, 0.3) is 0 Å². The summed E-state index contributed by atoms with van der Waals surface area (Å²) in [4.78, 5) is 43.2. The Morgan fingerprint density at radius 1 is 1.11 bits per heavy atom. The lowest BCUT2D eigenvalue weighted by molar-refractivity contribution is -0.138. The molecule has 1 amide bonds. The van der Waals surface area contributed by atoms with Gasteiger partial charge in [-0.15, -0.1) is 0 Å². The van der Waals surface area contributed by atoms with Crippen molar-refractivity contribution in [3.63, 3.8) is 0 Å². The summed E-state index contributed by atoms with van der Waals surface area (Å²) in [5.74, 6) is -1.47. The van der Waals surface area contributed by atoms with Gasteiger partial charge in [0.05, 0.1) is 12.8 Å². The minimum absolute atomic E-state index is 0.0565. The highest BCUT2D eigenvalue weighted by Gasteiger charge is 2.63. The molecule has 186 valence electrons. The van der Waals surface area contributed by atoms with Crippen molar-refractivity contribution >= 4 is 40.6 Å². The molecule has 7 nitrogen and oxygen atoms in total. The van der Waals surface area contributed by atoms with E-state index in [1.807, 2.05) is 45.9 Å². The van der Waals surface area contributed by atoms with Crippen molar-refractivity contribution < 1.29 is 19.1 Å². The van der Waals surface area contributed by atoms with Gasteiger partial charge in [-0.1, -0.05) is 43.1 Å². The van der Waals surface area contributed by atoms with Crippen LogP contribution in [-0.2, 0) is 24.5 Å². The topological polar surface area (TPSA) is 102 Å². The number of hydrogen-bond acceptors (Lipinski definition) is 6. The van der Waals surface area contributed by atoms with E-state index in [0.717, 1.165) is 16.8 Å². The molecule has 2 aromatic carbocycles. The standard InChI is InChI=1S/C28H28ClN3O4/c1-14-6-9-19(15(2)10-14)32-20-12-27(3,4)13-21(33)22(20)28(23(24(32)30)25(34)36-5)17-11-16(29)7-8-18(17)31-26(28)35/h6-11H,12-13,30H2,1-5H3,(H,31,35). The summed E-state index contributed by atoms with van der Waals surface area (Å²) in [6.45, 7) is 7.96. The van der Waals surface area contributed by atoms with E-state index < -0.39 is 17.3 Å². The second kappa shape index (κ2) is 7.96. The molecular weight excluding hydrogens is 478 g/mol. The molecule has 0 radical (unpaired) electrons. The Morgan fingerprint density at radius 2 is 1.83 bits per heavy atom. The van der Waals surface area contributed by atoms with E-state index in [0.29, 0.717) is 28.4 Å². The lowest BCUT2D eigenvalue weighted by Gasteiger charge is -2.47. The molecule has 0 bridgehead atoms. The number of aryl methyl sites for hydroxylation is 2. The van der Waals surface area contributed by atoms with Gasteiger partial charge in [-0.3, -0.25) is 14.5 Å². The van der Waals surface area contributed by atoms with Crippen LogP contribution in [0, 0.1) is 19.3 Å². The summed E-state index contributed by atoms with van der Waals surface area (Å²) in [7, 11) is 1.24. The zero-order valence-electron chi connectivity index (χ0n) is 20.9. The summed E-state index contributed by atoms with van der Waals surface area (Å²) in [5.41, 5.74) is 9.06. The number of nitrogens with zero attached hydrogens (tertiary/aromatic N) is 1. The number of anilines is 2. The van der Waals surface area contributed by atoms with Crippen molar-refractivity contribution in [1.29, 1.82) is 0 Å². The van der Waals surface area contributed by atoms with Crippen molar-refractivity contribution in [3.8, 4) is 0 Å². The molecule has 0 aromatic heterocycles. The van der Waals surface area contributed by atoms with Crippen molar-refractivity contribution in [2.45, 2.75) is 46.0 Å². The number of ketones is 1. The number of Topliss-reactive ketones (excluding diaryl/α,β-unsaturated/α-hetero) is 1. The highest BCUT2D eigenvalue weighted by Crippen LogP contribution is 2.57. The lowest BCUT2D eigenvalue weighted by atomic mass is 9.60. The molecule has 1 atom stereocenters. The predicted octanol–water partition coefficient (Wildman–Crippen LogP) is 4.65. The van der Waals surface area contributed by atoms with Crippen LogP contribution in [0.4, 0.5) is 11.4 Å². The number of esters is 1. The van der Waals surface area contributed by atoms with Gasteiger partial charge in [-0.25, -0.2) is 4.79 Å². The fourth-order valence-corrected chi connectivity index (χ4v) is 6.11.